The van der Waals surface area contributed by atoms with Gasteiger partial charge in [-0.15, -0.1) is 0 Å². The van der Waals surface area contributed by atoms with Crippen LogP contribution in [0.3, 0.4) is 0 Å². The van der Waals surface area contributed by atoms with E-state index < -0.39 is 13.8 Å². The van der Waals surface area contributed by atoms with E-state index >= 15 is 0 Å². The maximum absolute atomic E-state index is 9.83. The molecule has 0 aliphatic heterocycles. The quantitative estimate of drug-likeness (QED) is 0.641. The van der Waals surface area contributed by atoms with Crippen molar-refractivity contribution in [3.05, 3.63) is 0 Å². The van der Waals surface area contributed by atoms with Crippen LogP contribution in [0.15, 0.2) is 0 Å². The molecule has 0 aromatic heterocycles. The third-order valence-corrected chi connectivity index (χ3v) is 0. The molecule has 0 saturated carbocycles. The molecule has 0 bridgehead atoms. The molecule has 0 aliphatic carbocycles. The monoisotopic (exact) mass is 243 g/mol. The average Bonchev–Trinajstić information content (AvgIpc) is 1.27. The number of hydrogen-bond acceptors (Lipinski definition) is 1. The Balaban J connectivity index is 0. The van der Waals surface area contributed by atoms with Crippen LogP contribution >= 0.6 is 0 Å². The first-order valence-electron chi connectivity index (χ1n) is 2.17. The van der Waals surface area contributed by atoms with Crippen molar-refractivity contribution in [3.8, 4) is 0 Å². The molecular formula is C4H13As2O2. The van der Waals surface area contributed by atoms with Gasteiger partial charge in [-0.05, 0) is 0 Å². The predicted octanol–water partition coefficient (Wildman–Crippen LogP) is 0.898. The molecule has 0 heterocycles. The molecule has 0 atom stereocenters. The van der Waals surface area contributed by atoms with Gasteiger partial charge in [0.2, 0.25) is 0 Å². The van der Waals surface area contributed by atoms with E-state index in [4.69, 9.17) is 4.10 Å². The van der Waals surface area contributed by atoms with E-state index in [0.29, 0.717) is 15.8 Å². The van der Waals surface area contributed by atoms with Crippen molar-refractivity contribution >= 4 is 29.6 Å². The molecule has 0 saturated heterocycles. The van der Waals surface area contributed by atoms with Crippen molar-refractivity contribution in [3.63, 3.8) is 0 Å². The topological polar surface area (TPSA) is 37.3 Å². The molecule has 8 heavy (non-hydrogen) atoms. The molecule has 0 amide bonds. The van der Waals surface area contributed by atoms with Crippen LogP contribution < -0.4 is 0 Å². The Morgan fingerprint density at radius 1 is 1.38 bits per heavy atom. The Kier molecular flexibility index (Phi) is 8.74. The molecule has 2 nitrogen and oxygen atoms in total. The van der Waals surface area contributed by atoms with Crippen LogP contribution in [0.1, 0.15) is 0 Å². The van der Waals surface area contributed by atoms with Gasteiger partial charge in [0, 0.05) is 0 Å². The molecule has 0 unspecified atom stereocenters. The molecule has 0 rings (SSSR count). The van der Waals surface area contributed by atoms with Crippen molar-refractivity contribution in [1.82, 2.24) is 0 Å². The fourth-order valence-electron chi connectivity index (χ4n) is 0. The number of rotatable bonds is 0. The van der Waals surface area contributed by atoms with Crippen LogP contribution in [0, 0.1) is 0 Å². The second-order valence-corrected chi connectivity index (χ2v) is 9.05. The van der Waals surface area contributed by atoms with E-state index in [1.54, 1.807) is 0 Å². The molecule has 0 aromatic carbocycles. The van der Waals surface area contributed by atoms with Crippen molar-refractivity contribution in [2.75, 3.05) is 0 Å². The van der Waals surface area contributed by atoms with E-state index in [1.165, 1.54) is 11.4 Å². The summed E-state index contributed by atoms with van der Waals surface area (Å²) in [5.41, 5.74) is 7.16. The van der Waals surface area contributed by atoms with Crippen LogP contribution in [-0.2, 0) is 3.74 Å². The van der Waals surface area contributed by atoms with Gasteiger partial charge in [0.25, 0.3) is 0 Å². The molecule has 1 N–H and O–H groups in total. The first-order chi connectivity index (χ1) is 3.41. The zero-order valence-corrected chi connectivity index (χ0v) is 9.50. The second kappa shape index (κ2) is 6.00. The summed E-state index contributed by atoms with van der Waals surface area (Å²) in [6, 6.07) is 0. The summed E-state index contributed by atoms with van der Waals surface area (Å²) in [5, 5.41) is 0. The minimum absolute atomic E-state index is 0.688. The summed E-state index contributed by atoms with van der Waals surface area (Å²) in [6.45, 7) is 0. The predicted molar refractivity (Wildman–Crippen MR) is 37.9 cm³/mol. The third kappa shape index (κ3) is 309. The van der Waals surface area contributed by atoms with Gasteiger partial charge in [-0.1, -0.05) is 0 Å². The molecule has 4 heteroatoms. The maximum atomic E-state index is 9.83. The van der Waals surface area contributed by atoms with E-state index in [0.717, 1.165) is 0 Å². The Morgan fingerprint density at radius 3 is 1.38 bits per heavy atom. The Labute approximate surface area is 60.4 Å². The fraction of sp³-hybridized carbons (Fsp3) is 1.00. The standard InChI is InChI=1S/C2H7AsO2.C2H6As/c1-3(2,4)5;1-3-2/h1-2H3,(H,4,5);1-2H3. The van der Waals surface area contributed by atoms with Crippen LogP contribution in [-0.4, -0.2) is 33.7 Å². The summed E-state index contributed by atoms with van der Waals surface area (Å²) >= 11 is -2.44. The SMILES string of the molecule is C[As](C)(=O)O.C[As]C. The van der Waals surface area contributed by atoms with Gasteiger partial charge >= 0.3 is 60.3 Å². The van der Waals surface area contributed by atoms with Crippen LogP contribution in [0.4, 0.5) is 0 Å². The van der Waals surface area contributed by atoms with Crippen LogP contribution in [0.25, 0.3) is 0 Å². The Hall–Kier alpha value is 0.877. The van der Waals surface area contributed by atoms with E-state index in [-0.39, 0.29) is 0 Å². The first-order valence-corrected chi connectivity index (χ1v) is 11.3. The Bertz CT molecular complexity index is 67.8. The third-order valence-electron chi connectivity index (χ3n) is 0. The minimum atomic E-state index is -3.12. The molecule has 0 aliphatic rings. The van der Waals surface area contributed by atoms with Gasteiger partial charge in [-0.25, -0.2) is 0 Å². The van der Waals surface area contributed by atoms with Gasteiger partial charge in [-0.2, -0.15) is 0 Å². The summed E-state index contributed by atoms with van der Waals surface area (Å²) in [5.74, 6) is 0. The molecule has 0 spiro atoms. The van der Waals surface area contributed by atoms with Crippen LogP contribution in [0.5, 0.6) is 0 Å². The first kappa shape index (κ1) is 11.6. The van der Waals surface area contributed by atoms with E-state index in [2.05, 4.69) is 11.4 Å². The molecule has 0 fully saturated rings. The molecule has 1 radical (unpaired) electrons. The summed E-state index contributed by atoms with van der Waals surface area (Å²) < 4.78 is 18.0. The van der Waals surface area contributed by atoms with Crippen molar-refractivity contribution in [2.24, 2.45) is 0 Å². The van der Waals surface area contributed by atoms with Crippen LogP contribution in [0.2, 0.25) is 22.8 Å². The zero-order valence-electron chi connectivity index (χ0n) is 5.75. The summed E-state index contributed by atoms with van der Waals surface area (Å²) in [4.78, 5) is 0. The summed E-state index contributed by atoms with van der Waals surface area (Å²) in [7, 11) is 0. The van der Waals surface area contributed by atoms with Gasteiger partial charge in [0.15, 0.2) is 0 Å². The van der Waals surface area contributed by atoms with Crippen molar-refractivity contribution < 1.29 is 7.84 Å². The van der Waals surface area contributed by atoms with E-state index in [9.17, 15) is 3.74 Å². The second-order valence-electron chi connectivity index (χ2n) is 1.74. The zero-order chi connectivity index (χ0) is 7.21. The Morgan fingerprint density at radius 2 is 1.38 bits per heavy atom. The average molecular weight is 243 g/mol. The van der Waals surface area contributed by atoms with Gasteiger partial charge in [0.05, 0.1) is 0 Å². The van der Waals surface area contributed by atoms with Crippen molar-refractivity contribution in [1.29, 1.82) is 0 Å². The fourth-order valence-corrected chi connectivity index (χ4v) is 0. The van der Waals surface area contributed by atoms with Gasteiger partial charge < -0.3 is 0 Å². The van der Waals surface area contributed by atoms with Gasteiger partial charge in [0.1, 0.15) is 0 Å². The molecule has 51 valence electrons. The molecule has 0 aromatic rings. The number of hydrogen-bond donors (Lipinski definition) is 1. The van der Waals surface area contributed by atoms with Crippen molar-refractivity contribution in [2.45, 2.75) is 22.8 Å². The van der Waals surface area contributed by atoms with Gasteiger partial charge in [-0.3, -0.25) is 0 Å². The normalized spacial score (nSPS) is 9.62. The molecular weight excluding hydrogens is 230 g/mol. The summed E-state index contributed by atoms with van der Waals surface area (Å²) in [6.07, 6.45) is 0. The van der Waals surface area contributed by atoms with E-state index in [1.807, 2.05) is 0 Å².